The molecule has 8 rings (SSSR count). The van der Waals surface area contributed by atoms with Crippen molar-refractivity contribution in [3.05, 3.63) is 154 Å². The maximum atomic E-state index is 13.7. The van der Waals surface area contributed by atoms with E-state index in [1.165, 1.54) is 11.1 Å². The third kappa shape index (κ3) is 12.3. The normalized spacial score (nSPS) is 18.8. The summed E-state index contributed by atoms with van der Waals surface area (Å²) in [6, 6.07) is 32.4. The van der Waals surface area contributed by atoms with Crippen LogP contribution in [0.3, 0.4) is 0 Å². The number of rotatable bonds is 14. The first-order chi connectivity index (χ1) is 30.6. The molecule has 3 aliphatic rings. The van der Waals surface area contributed by atoms with E-state index in [0.29, 0.717) is 37.4 Å². The largest absolute Gasteiger partial charge is 0.508 e. The number of Topliss-reactive ketones (excluding diaryl/α,β-unsaturated/α-hetero) is 1. The van der Waals surface area contributed by atoms with Crippen molar-refractivity contribution in [2.45, 2.75) is 109 Å². The summed E-state index contributed by atoms with van der Waals surface area (Å²) in [6.45, 7) is 4.24. The molecule has 6 bridgehead atoms. The summed E-state index contributed by atoms with van der Waals surface area (Å²) in [5.74, 6) is 4.99. The lowest BCUT2D eigenvalue weighted by molar-refractivity contribution is -0.121. The van der Waals surface area contributed by atoms with Crippen LogP contribution in [0.1, 0.15) is 85.8 Å². The number of benzene rings is 5. The van der Waals surface area contributed by atoms with Gasteiger partial charge in [0.2, 0.25) is 0 Å². The van der Waals surface area contributed by atoms with Gasteiger partial charge in [0.05, 0.1) is 19.3 Å². The lowest BCUT2D eigenvalue weighted by atomic mass is 9.80. The third-order valence-corrected chi connectivity index (χ3v) is 12.5. The second-order valence-corrected chi connectivity index (χ2v) is 17.1. The van der Waals surface area contributed by atoms with Crippen LogP contribution in [0.15, 0.2) is 121 Å². The Kier molecular flexibility index (Phi) is 15.5. The predicted octanol–water partition coefficient (Wildman–Crippen LogP) is 10.9. The highest BCUT2D eigenvalue weighted by atomic mass is 16.5. The zero-order chi connectivity index (χ0) is 44.1. The number of carbonyl (C=O) groups is 1. The van der Waals surface area contributed by atoms with Crippen molar-refractivity contribution in [3.63, 3.8) is 0 Å². The summed E-state index contributed by atoms with van der Waals surface area (Å²) < 4.78 is 18.2. The molecule has 328 valence electrons. The van der Waals surface area contributed by atoms with Crippen molar-refractivity contribution in [2.24, 2.45) is 11.8 Å². The van der Waals surface area contributed by atoms with Crippen LogP contribution in [0.5, 0.6) is 17.2 Å². The van der Waals surface area contributed by atoms with E-state index >= 15 is 0 Å². The summed E-state index contributed by atoms with van der Waals surface area (Å²) >= 11 is 0. The van der Waals surface area contributed by atoms with Crippen molar-refractivity contribution in [3.8, 4) is 29.3 Å². The maximum absolute atomic E-state index is 13.7. The number of ketones is 1. The van der Waals surface area contributed by atoms with Crippen molar-refractivity contribution in [1.29, 1.82) is 0 Å². The average Bonchev–Trinajstić information content (AvgIpc) is 3.28. The van der Waals surface area contributed by atoms with Gasteiger partial charge in [-0.1, -0.05) is 86.0 Å². The van der Waals surface area contributed by atoms with Crippen LogP contribution in [0.25, 0.3) is 10.8 Å². The average molecular weight is 848 g/mol. The van der Waals surface area contributed by atoms with Gasteiger partial charge in [-0.2, -0.15) is 0 Å². The fourth-order valence-electron chi connectivity index (χ4n) is 8.94. The molecular weight excluding hydrogens is 787 g/mol. The number of phenolic OH excluding ortho intramolecular Hbond substituents is 1. The van der Waals surface area contributed by atoms with Crippen LogP contribution >= 0.6 is 0 Å². The number of allylic oxidation sites excluding steroid dienone is 3. The molecule has 0 spiro atoms. The molecule has 0 aromatic heterocycles. The van der Waals surface area contributed by atoms with Gasteiger partial charge in [0, 0.05) is 30.5 Å². The van der Waals surface area contributed by atoms with Crippen molar-refractivity contribution in [2.75, 3.05) is 12.4 Å². The summed E-state index contributed by atoms with van der Waals surface area (Å²) in [5.41, 5.74) is 7.15. The molecule has 0 fully saturated rings. The van der Waals surface area contributed by atoms with E-state index in [9.17, 15) is 20.1 Å². The number of methoxy groups -OCH3 is 1. The molecule has 8 heteroatoms. The molecule has 0 saturated heterocycles. The molecule has 0 saturated carbocycles. The number of hydrogen-bond donors (Lipinski definition) is 4. The Labute approximate surface area is 372 Å². The minimum atomic E-state index is -0.515. The zero-order valence-electron chi connectivity index (χ0n) is 36.8. The molecule has 63 heavy (non-hydrogen) atoms. The Hall–Kier alpha value is -6.17. The topological polar surface area (TPSA) is 117 Å². The van der Waals surface area contributed by atoms with Gasteiger partial charge in [-0.05, 0) is 151 Å². The molecule has 0 unspecified atom stereocenters. The molecule has 5 aromatic carbocycles. The van der Waals surface area contributed by atoms with E-state index in [1.54, 1.807) is 13.2 Å². The third-order valence-electron chi connectivity index (χ3n) is 12.5. The second-order valence-electron chi connectivity index (χ2n) is 17.1. The highest BCUT2D eigenvalue weighted by Crippen LogP contribution is 2.35. The van der Waals surface area contributed by atoms with Gasteiger partial charge < -0.3 is 34.8 Å². The summed E-state index contributed by atoms with van der Waals surface area (Å²) in [6.07, 6.45) is 14.8. The smallest absolute Gasteiger partial charge is 0.161 e. The van der Waals surface area contributed by atoms with Gasteiger partial charge in [0.1, 0.15) is 36.1 Å². The number of aliphatic hydroxyl groups excluding tert-OH is 2. The first kappa shape index (κ1) is 44.9. The van der Waals surface area contributed by atoms with E-state index in [0.717, 1.165) is 77.2 Å². The standard InChI is InChI=1S/C55H61NO7/c1-4-42-34-53(60)50-18-11-27-62-48(35-47(59)23-19-40-21-26-54(61-3)55(31-40)63-36-41-20-25-49(50)51(42)29-41)33-44-32-46(58)24-22-43(44)16-9-8-14-38-15-10-17-45(28-38)56-52(37(2)57)30-39-12-6-5-7-13-39/h5-7,10,12-13,15,17,20-22,24-26,28-29,31-32,34,37,43-44,48,52,56-58,60H,4,8-9,14,16,18-19,23,30,33,35-36H2,1-3H3/t37-,43+,44+,48-,52+/m0/s1. The molecule has 8 nitrogen and oxygen atoms in total. The number of carbonyl (C=O) groups excluding carboxylic acids is 1. The second kappa shape index (κ2) is 21.8. The first-order valence-corrected chi connectivity index (χ1v) is 22.5. The predicted molar refractivity (Wildman–Crippen MR) is 251 cm³/mol. The van der Waals surface area contributed by atoms with Crippen molar-refractivity contribution in [1.82, 2.24) is 0 Å². The molecule has 5 aromatic rings. The molecule has 0 radical (unpaired) electrons. The van der Waals surface area contributed by atoms with Crippen molar-refractivity contribution < 1.29 is 34.3 Å². The molecule has 4 N–H and O–H groups in total. The zero-order valence-corrected chi connectivity index (χ0v) is 36.8. The lowest BCUT2D eigenvalue weighted by Crippen LogP contribution is -2.33. The Morgan fingerprint density at radius 1 is 0.889 bits per heavy atom. The number of aryl methyl sites for hydroxylation is 3. The molecular formula is C55H61NO7. The highest BCUT2D eigenvalue weighted by Gasteiger charge is 2.27. The van der Waals surface area contributed by atoms with E-state index in [2.05, 4.69) is 72.8 Å². The summed E-state index contributed by atoms with van der Waals surface area (Å²) in [7, 11) is 1.62. The van der Waals surface area contributed by atoms with E-state index in [-0.39, 0.29) is 48.0 Å². The number of ether oxygens (including phenoxy) is 3. The highest BCUT2D eigenvalue weighted by molar-refractivity contribution is 5.91. The maximum Gasteiger partial charge on any atom is 0.161 e. The molecule has 2 heterocycles. The first-order valence-electron chi connectivity index (χ1n) is 22.5. The van der Waals surface area contributed by atoms with Gasteiger partial charge in [-0.15, -0.1) is 0 Å². The van der Waals surface area contributed by atoms with Crippen LogP contribution in [0, 0.1) is 23.9 Å². The Morgan fingerprint density at radius 3 is 2.52 bits per heavy atom. The van der Waals surface area contributed by atoms with E-state index in [4.69, 9.17) is 14.2 Å². The van der Waals surface area contributed by atoms with Crippen LogP contribution in [-0.4, -0.2) is 46.5 Å². The number of hydrogen-bond acceptors (Lipinski definition) is 8. The molecule has 5 atom stereocenters. The minimum absolute atomic E-state index is 0.0455. The van der Waals surface area contributed by atoms with Gasteiger partial charge >= 0.3 is 0 Å². The number of aliphatic hydroxyl groups is 2. The SMILES string of the molecule is CCc1cc(O)c2c3ccc(cc13)COc1cc(ccc1OC)CCC(=O)C[C@H](C[C@H]1C=C(O)C=C[C@H]1CCCCc1cccc(N[C@H](Cc3ccccc3)[C@H](C)O)c1)OC#CC2. The van der Waals surface area contributed by atoms with E-state index < -0.39 is 12.2 Å². The van der Waals surface area contributed by atoms with E-state index in [1.807, 2.05) is 67.6 Å². The number of nitrogens with one attached hydrogen (secondary N) is 1. The van der Waals surface area contributed by atoms with Crippen LogP contribution < -0.4 is 14.8 Å². The number of anilines is 1. The lowest BCUT2D eigenvalue weighted by Gasteiger charge is -2.28. The number of aromatic hydroxyl groups is 1. The summed E-state index contributed by atoms with van der Waals surface area (Å²) in [4.78, 5) is 13.7. The molecule has 1 aliphatic carbocycles. The summed E-state index contributed by atoms with van der Waals surface area (Å²) in [5, 5.41) is 37.9. The molecule has 2 aliphatic heterocycles. The quantitative estimate of drug-likeness (QED) is 0.0645. The van der Waals surface area contributed by atoms with Crippen LogP contribution in [0.2, 0.25) is 0 Å². The number of phenols is 1. The Bertz CT molecular complexity index is 2460. The van der Waals surface area contributed by atoms with Gasteiger partial charge in [0.25, 0.3) is 0 Å². The monoisotopic (exact) mass is 847 g/mol. The minimum Gasteiger partial charge on any atom is -0.508 e. The Balaban J connectivity index is 1.04. The van der Waals surface area contributed by atoms with Crippen LogP contribution in [0.4, 0.5) is 5.69 Å². The van der Waals surface area contributed by atoms with Gasteiger partial charge in [-0.25, -0.2) is 0 Å². The van der Waals surface area contributed by atoms with Crippen molar-refractivity contribution >= 4 is 22.2 Å². The molecule has 0 amide bonds. The van der Waals surface area contributed by atoms with Crippen LogP contribution in [-0.2, 0) is 48.2 Å². The number of unbranched alkanes of at least 4 members (excludes halogenated alkanes) is 1. The number of fused-ring (bicyclic) bond motifs is 9. The van der Waals surface area contributed by atoms with Gasteiger partial charge in [-0.3, -0.25) is 4.79 Å². The van der Waals surface area contributed by atoms with Gasteiger partial charge in [0.15, 0.2) is 11.5 Å². The Morgan fingerprint density at radius 2 is 1.71 bits per heavy atom. The fraction of sp³-hybridized carbons (Fsp3) is 0.364. The fourth-order valence-corrected chi connectivity index (χ4v) is 8.94.